The molecule has 1 unspecified atom stereocenters. The Balaban J connectivity index is 2.98. The standard InChI is InChI=1S/C15H25N/c1-5-12-7-8-13(6-2)14(10-12)15(16)9-11(3)4/h7-8,10-11,15H,5-6,9,16H2,1-4H3. The van der Waals surface area contributed by atoms with Gasteiger partial charge in [-0.3, -0.25) is 0 Å². The Hall–Kier alpha value is -0.820. The molecule has 1 rings (SSSR count). The van der Waals surface area contributed by atoms with Gasteiger partial charge in [-0.15, -0.1) is 0 Å². The van der Waals surface area contributed by atoms with Crippen molar-refractivity contribution in [1.82, 2.24) is 0 Å². The van der Waals surface area contributed by atoms with Crippen LogP contribution >= 0.6 is 0 Å². The fraction of sp³-hybridized carbons (Fsp3) is 0.600. The van der Waals surface area contributed by atoms with Crippen molar-refractivity contribution in [3.8, 4) is 0 Å². The molecule has 0 spiro atoms. The van der Waals surface area contributed by atoms with E-state index in [1.54, 1.807) is 0 Å². The van der Waals surface area contributed by atoms with Crippen LogP contribution in [0.4, 0.5) is 0 Å². The van der Waals surface area contributed by atoms with Gasteiger partial charge in [-0.05, 0) is 41.9 Å². The first kappa shape index (κ1) is 13.2. The van der Waals surface area contributed by atoms with Crippen molar-refractivity contribution >= 4 is 0 Å². The van der Waals surface area contributed by atoms with Crippen molar-refractivity contribution in [2.24, 2.45) is 11.7 Å². The van der Waals surface area contributed by atoms with Crippen molar-refractivity contribution in [3.63, 3.8) is 0 Å². The van der Waals surface area contributed by atoms with Gasteiger partial charge >= 0.3 is 0 Å². The summed E-state index contributed by atoms with van der Waals surface area (Å²) in [6.45, 7) is 8.86. The molecule has 16 heavy (non-hydrogen) atoms. The molecule has 1 atom stereocenters. The molecule has 90 valence electrons. The molecule has 0 aliphatic carbocycles. The minimum absolute atomic E-state index is 0.196. The highest BCUT2D eigenvalue weighted by Crippen LogP contribution is 2.24. The molecule has 0 bridgehead atoms. The highest BCUT2D eigenvalue weighted by molar-refractivity contribution is 5.34. The van der Waals surface area contributed by atoms with Gasteiger partial charge in [-0.1, -0.05) is 45.9 Å². The number of aryl methyl sites for hydroxylation is 2. The lowest BCUT2D eigenvalue weighted by Gasteiger charge is -2.19. The Bertz CT molecular complexity index is 328. The molecule has 0 heterocycles. The van der Waals surface area contributed by atoms with Crippen LogP contribution in [0.25, 0.3) is 0 Å². The van der Waals surface area contributed by atoms with Gasteiger partial charge in [0, 0.05) is 6.04 Å². The quantitative estimate of drug-likeness (QED) is 0.799. The maximum atomic E-state index is 6.30. The molecular formula is C15H25N. The summed E-state index contributed by atoms with van der Waals surface area (Å²) >= 11 is 0. The van der Waals surface area contributed by atoms with Crippen LogP contribution in [0, 0.1) is 5.92 Å². The van der Waals surface area contributed by atoms with Crippen LogP contribution < -0.4 is 5.73 Å². The van der Waals surface area contributed by atoms with Gasteiger partial charge in [0.25, 0.3) is 0 Å². The molecule has 0 aliphatic rings. The Morgan fingerprint density at radius 2 is 1.81 bits per heavy atom. The highest BCUT2D eigenvalue weighted by Gasteiger charge is 2.12. The zero-order valence-electron chi connectivity index (χ0n) is 11.1. The summed E-state index contributed by atoms with van der Waals surface area (Å²) < 4.78 is 0. The van der Waals surface area contributed by atoms with Crippen molar-refractivity contribution < 1.29 is 0 Å². The summed E-state index contributed by atoms with van der Waals surface area (Å²) in [5.41, 5.74) is 10.5. The second-order valence-electron chi connectivity index (χ2n) is 4.98. The van der Waals surface area contributed by atoms with Crippen molar-refractivity contribution in [2.75, 3.05) is 0 Å². The average molecular weight is 219 g/mol. The molecule has 1 nitrogen and oxygen atoms in total. The predicted octanol–water partition coefficient (Wildman–Crippen LogP) is 3.86. The minimum atomic E-state index is 0.196. The normalized spacial score (nSPS) is 13.1. The second-order valence-corrected chi connectivity index (χ2v) is 4.98. The van der Waals surface area contributed by atoms with Crippen molar-refractivity contribution in [2.45, 2.75) is 53.0 Å². The van der Waals surface area contributed by atoms with Gasteiger partial charge in [-0.2, -0.15) is 0 Å². The Morgan fingerprint density at radius 3 is 2.31 bits per heavy atom. The van der Waals surface area contributed by atoms with Gasteiger partial charge in [0.2, 0.25) is 0 Å². The molecule has 2 N–H and O–H groups in total. The van der Waals surface area contributed by atoms with Crippen LogP contribution in [0.5, 0.6) is 0 Å². The number of hydrogen-bond acceptors (Lipinski definition) is 1. The molecule has 1 aromatic carbocycles. The largest absolute Gasteiger partial charge is 0.324 e. The number of nitrogens with two attached hydrogens (primary N) is 1. The zero-order valence-corrected chi connectivity index (χ0v) is 11.1. The molecule has 0 fully saturated rings. The fourth-order valence-corrected chi connectivity index (χ4v) is 2.17. The summed E-state index contributed by atoms with van der Waals surface area (Å²) in [7, 11) is 0. The smallest absolute Gasteiger partial charge is 0.0300 e. The van der Waals surface area contributed by atoms with E-state index in [2.05, 4.69) is 45.9 Å². The third-order valence-electron chi connectivity index (χ3n) is 3.12. The van der Waals surface area contributed by atoms with Gasteiger partial charge in [0.15, 0.2) is 0 Å². The molecular weight excluding hydrogens is 194 g/mol. The fourth-order valence-electron chi connectivity index (χ4n) is 2.17. The molecule has 0 aromatic heterocycles. The maximum absolute atomic E-state index is 6.30. The first-order valence-corrected chi connectivity index (χ1v) is 6.45. The number of hydrogen-bond donors (Lipinski definition) is 1. The lowest BCUT2D eigenvalue weighted by molar-refractivity contribution is 0.507. The molecule has 1 heteroatoms. The summed E-state index contributed by atoms with van der Waals surface area (Å²) in [6, 6.07) is 6.96. The summed E-state index contributed by atoms with van der Waals surface area (Å²) in [6.07, 6.45) is 3.23. The number of benzene rings is 1. The maximum Gasteiger partial charge on any atom is 0.0300 e. The minimum Gasteiger partial charge on any atom is -0.324 e. The third kappa shape index (κ3) is 3.34. The van der Waals surface area contributed by atoms with Crippen molar-refractivity contribution in [3.05, 3.63) is 34.9 Å². The van der Waals surface area contributed by atoms with Crippen LogP contribution in [0.3, 0.4) is 0 Å². The zero-order chi connectivity index (χ0) is 12.1. The Kier molecular flexibility index (Phi) is 5.01. The van der Waals surface area contributed by atoms with Crippen LogP contribution in [-0.4, -0.2) is 0 Å². The van der Waals surface area contributed by atoms with E-state index in [1.807, 2.05) is 0 Å². The van der Waals surface area contributed by atoms with Gasteiger partial charge < -0.3 is 5.73 Å². The molecule has 0 saturated heterocycles. The predicted molar refractivity (Wildman–Crippen MR) is 71.6 cm³/mol. The second kappa shape index (κ2) is 6.05. The SMILES string of the molecule is CCc1ccc(CC)c(C(N)CC(C)C)c1. The van der Waals surface area contributed by atoms with Gasteiger partial charge in [-0.25, -0.2) is 0 Å². The molecule has 1 aromatic rings. The van der Waals surface area contributed by atoms with E-state index in [-0.39, 0.29) is 6.04 Å². The van der Waals surface area contributed by atoms with E-state index in [1.165, 1.54) is 16.7 Å². The first-order valence-electron chi connectivity index (χ1n) is 6.45. The van der Waals surface area contributed by atoms with Crippen LogP contribution in [0.2, 0.25) is 0 Å². The Morgan fingerprint density at radius 1 is 1.12 bits per heavy atom. The monoisotopic (exact) mass is 219 g/mol. The third-order valence-corrected chi connectivity index (χ3v) is 3.12. The van der Waals surface area contributed by atoms with E-state index < -0.39 is 0 Å². The van der Waals surface area contributed by atoms with E-state index in [0.29, 0.717) is 5.92 Å². The lowest BCUT2D eigenvalue weighted by atomic mass is 9.91. The van der Waals surface area contributed by atoms with Crippen molar-refractivity contribution in [1.29, 1.82) is 0 Å². The molecule has 0 radical (unpaired) electrons. The number of rotatable bonds is 5. The van der Waals surface area contributed by atoms with E-state index in [0.717, 1.165) is 19.3 Å². The van der Waals surface area contributed by atoms with Gasteiger partial charge in [0.1, 0.15) is 0 Å². The van der Waals surface area contributed by atoms with E-state index in [4.69, 9.17) is 5.73 Å². The van der Waals surface area contributed by atoms with Crippen LogP contribution in [0.1, 0.15) is 56.8 Å². The molecule has 0 aliphatic heterocycles. The lowest BCUT2D eigenvalue weighted by Crippen LogP contribution is -2.15. The average Bonchev–Trinajstić information content (AvgIpc) is 2.27. The highest BCUT2D eigenvalue weighted by atomic mass is 14.6. The Labute approximate surface area is 100 Å². The van der Waals surface area contributed by atoms with Crippen LogP contribution in [-0.2, 0) is 12.8 Å². The van der Waals surface area contributed by atoms with Crippen LogP contribution in [0.15, 0.2) is 18.2 Å². The summed E-state index contributed by atoms with van der Waals surface area (Å²) in [4.78, 5) is 0. The summed E-state index contributed by atoms with van der Waals surface area (Å²) in [5, 5.41) is 0. The van der Waals surface area contributed by atoms with Gasteiger partial charge in [0.05, 0.1) is 0 Å². The van der Waals surface area contributed by atoms with E-state index >= 15 is 0 Å². The summed E-state index contributed by atoms with van der Waals surface area (Å²) in [5.74, 6) is 0.657. The molecule has 0 saturated carbocycles. The van der Waals surface area contributed by atoms with E-state index in [9.17, 15) is 0 Å². The topological polar surface area (TPSA) is 26.0 Å². The molecule has 0 amide bonds. The first-order chi connectivity index (χ1) is 7.58.